The highest BCUT2D eigenvalue weighted by molar-refractivity contribution is 8.00. The van der Waals surface area contributed by atoms with Crippen molar-refractivity contribution in [3.8, 4) is 0 Å². The SMILES string of the molecule is CCC(CNC1CC1)CC1Cc2ccccc2S1. The molecule has 1 aliphatic heterocycles. The first kappa shape index (κ1) is 12.6. The lowest BCUT2D eigenvalue weighted by atomic mass is 9.97. The largest absolute Gasteiger partial charge is 0.314 e. The molecule has 0 saturated heterocycles. The molecule has 3 rings (SSSR count). The van der Waals surface area contributed by atoms with Crippen molar-refractivity contribution >= 4 is 11.8 Å². The van der Waals surface area contributed by atoms with Crippen molar-refractivity contribution < 1.29 is 0 Å². The van der Waals surface area contributed by atoms with E-state index in [1.54, 1.807) is 5.56 Å². The Morgan fingerprint density at radius 1 is 1.33 bits per heavy atom. The lowest BCUT2D eigenvalue weighted by Crippen LogP contribution is -2.26. The molecule has 1 N–H and O–H groups in total. The summed E-state index contributed by atoms with van der Waals surface area (Å²) in [5.74, 6) is 0.859. The summed E-state index contributed by atoms with van der Waals surface area (Å²) >= 11 is 2.10. The zero-order valence-corrected chi connectivity index (χ0v) is 12.0. The van der Waals surface area contributed by atoms with Crippen LogP contribution in [-0.2, 0) is 6.42 Å². The van der Waals surface area contributed by atoms with Crippen LogP contribution >= 0.6 is 11.8 Å². The lowest BCUT2D eigenvalue weighted by Gasteiger charge is -2.19. The van der Waals surface area contributed by atoms with E-state index in [1.807, 2.05) is 0 Å². The van der Waals surface area contributed by atoms with Crippen LogP contribution in [-0.4, -0.2) is 17.8 Å². The van der Waals surface area contributed by atoms with Crippen molar-refractivity contribution in [1.82, 2.24) is 5.32 Å². The van der Waals surface area contributed by atoms with Gasteiger partial charge in [-0.05, 0) is 49.8 Å². The second-order valence-electron chi connectivity index (χ2n) is 5.74. The molecule has 18 heavy (non-hydrogen) atoms. The highest BCUT2D eigenvalue weighted by Gasteiger charge is 2.26. The number of nitrogens with one attached hydrogen (secondary N) is 1. The van der Waals surface area contributed by atoms with E-state index in [4.69, 9.17) is 0 Å². The molecule has 1 saturated carbocycles. The van der Waals surface area contributed by atoms with Crippen molar-refractivity contribution in [1.29, 1.82) is 0 Å². The third kappa shape index (κ3) is 3.10. The van der Waals surface area contributed by atoms with Crippen molar-refractivity contribution in [2.24, 2.45) is 5.92 Å². The summed E-state index contributed by atoms with van der Waals surface area (Å²) in [5, 5.41) is 4.51. The zero-order valence-electron chi connectivity index (χ0n) is 11.2. The molecule has 0 bridgehead atoms. The highest BCUT2D eigenvalue weighted by atomic mass is 32.2. The van der Waals surface area contributed by atoms with Crippen LogP contribution in [0.2, 0.25) is 0 Å². The molecular formula is C16H23NS. The first-order chi connectivity index (χ1) is 8.85. The van der Waals surface area contributed by atoms with Gasteiger partial charge in [-0.15, -0.1) is 11.8 Å². The monoisotopic (exact) mass is 261 g/mol. The minimum Gasteiger partial charge on any atom is -0.314 e. The minimum atomic E-state index is 0.813. The fourth-order valence-corrected chi connectivity index (χ4v) is 4.22. The smallest absolute Gasteiger partial charge is 0.0138 e. The third-order valence-corrected chi connectivity index (χ3v) is 5.50. The van der Waals surface area contributed by atoms with Crippen molar-refractivity contribution in [3.05, 3.63) is 29.8 Å². The molecule has 0 radical (unpaired) electrons. The maximum absolute atomic E-state index is 3.69. The van der Waals surface area contributed by atoms with Crippen LogP contribution in [0.3, 0.4) is 0 Å². The molecule has 98 valence electrons. The van der Waals surface area contributed by atoms with Gasteiger partial charge in [0.2, 0.25) is 0 Å². The van der Waals surface area contributed by atoms with Crippen molar-refractivity contribution in [2.75, 3.05) is 6.54 Å². The summed E-state index contributed by atoms with van der Waals surface area (Å²) in [6.07, 6.45) is 6.77. The van der Waals surface area contributed by atoms with Crippen molar-refractivity contribution in [3.63, 3.8) is 0 Å². The number of thioether (sulfide) groups is 1. The summed E-state index contributed by atoms with van der Waals surface area (Å²) in [7, 11) is 0. The minimum absolute atomic E-state index is 0.813. The van der Waals surface area contributed by atoms with Gasteiger partial charge in [0.05, 0.1) is 0 Å². The van der Waals surface area contributed by atoms with Crippen LogP contribution in [0.5, 0.6) is 0 Å². The van der Waals surface area contributed by atoms with Gasteiger partial charge in [0.1, 0.15) is 0 Å². The maximum atomic E-state index is 3.69. The van der Waals surface area contributed by atoms with Gasteiger partial charge < -0.3 is 5.32 Å². The second kappa shape index (κ2) is 5.66. The van der Waals surface area contributed by atoms with E-state index in [0.717, 1.165) is 17.2 Å². The standard InChI is InChI=1S/C16H23NS/c1-2-12(11-17-14-7-8-14)9-15-10-13-5-3-4-6-16(13)18-15/h3-6,12,14-15,17H,2,7-11H2,1H3. The molecule has 2 aliphatic rings. The third-order valence-electron chi connectivity index (χ3n) is 4.16. The van der Waals surface area contributed by atoms with E-state index in [1.165, 1.54) is 43.5 Å². The molecule has 0 aromatic heterocycles. The van der Waals surface area contributed by atoms with Gasteiger partial charge in [-0.1, -0.05) is 31.5 Å². The van der Waals surface area contributed by atoms with Crippen LogP contribution < -0.4 is 5.32 Å². The van der Waals surface area contributed by atoms with E-state index < -0.39 is 0 Å². The van der Waals surface area contributed by atoms with Crippen LogP contribution in [0.1, 0.15) is 38.2 Å². The zero-order chi connectivity index (χ0) is 12.4. The predicted octanol–water partition coefficient (Wildman–Crippen LogP) is 3.87. The number of hydrogen-bond donors (Lipinski definition) is 1. The summed E-state index contributed by atoms with van der Waals surface area (Å²) in [5.41, 5.74) is 1.57. The van der Waals surface area contributed by atoms with E-state index >= 15 is 0 Å². The molecule has 1 nitrogen and oxygen atoms in total. The number of benzene rings is 1. The van der Waals surface area contributed by atoms with Crippen LogP contribution in [0.15, 0.2) is 29.2 Å². The maximum Gasteiger partial charge on any atom is 0.0138 e. The van der Waals surface area contributed by atoms with Gasteiger partial charge >= 0.3 is 0 Å². The Bertz CT molecular complexity index is 375. The fraction of sp³-hybridized carbons (Fsp3) is 0.625. The topological polar surface area (TPSA) is 12.0 Å². The first-order valence-corrected chi connectivity index (χ1v) is 8.21. The van der Waals surface area contributed by atoms with Gasteiger partial charge in [-0.3, -0.25) is 0 Å². The van der Waals surface area contributed by atoms with Gasteiger partial charge in [0.25, 0.3) is 0 Å². The second-order valence-corrected chi connectivity index (χ2v) is 7.09. The molecule has 1 fully saturated rings. The fourth-order valence-electron chi connectivity index (χ4n) is 2.77. The molecule has 1 aromatic rings. The molecule has 2 unspecified atom stereocenters. The quantitative estimate of drug-likeness (QED) is 0.834. The van der Waals surface area contributed by atoms with E-state index in [-0.39, 0.29) is 0 Å². The van der Waals surface area contributed by atoms with Gasteiger partial charge in [-0.25, -0.2) is 0 Å². The van der Waals surface area contributed by atoms with Crippen LogP contribution in [0.4, 0.5) is 0 Å². The molecule has 2 heteroatoms. The average molecular weight is 261 g/mol. The summed E-state index contributed by atoms with van der Waals surface area (Å²) in [6, 6.07) is 9.77. The van der Waals surface area contributed by atoms with Crippen LogP contribution in [0, 0.1) is 5.92 Å². The molecule has 1 aliphatic carbocycles. The summed E-state index contributed by atoms with van der Waals surface area (Å²) < 4.78 is 0. The Morgan fingerprint density at radius 3 is 2.89 bits per heavy atom. The Balaban J connectivity index is 1.50. The number of hydrogen-bond acceptors (Lipinski definition) is 2. The van der Waals surface area contributed by atoms with Crippen LogP contribution in [0.25, 0.3) is 0 Å². The number of rotatable bonds is 6. The Morgan fingerprint density at radius 2 is 2.17 bits per heavy atom. The van der Waals surface area contributed by atoms with E-state index in [0.29, 0.717) is 0 Å². The van der Waals surface area contributed by atoms with E-state index in [2.05, 4.69) is 48.3 Å². The molecule has 2 atom stereocenters. The molecule has 1 heterocycles. The molecular weight excluding hydrogens is 238 g/mol. The van der Waals surface area contributed by atoms with Gasteiger partial charge in [0.15, 0.2) is 0 Å². The molecule has 0 amide bonds. The highest BCUT2D eigenvalue weighted by Crippen LogP contribution is 2.39. The normalized spacial score (nSPS) is 23.9. The Hall–Kier alpha value is -0.470. The predicted molar refractivity (Wildman–Crippen MR) is 79.2 cm³/mol. The van der Waals surface area contributed by atoms with Crippen molar-refractivity contribution in [2.45, 2.75) is 55.2 Å². The molecule has 1 aromatic carbocycles. The Kier molecular flexibility index (Phi) is 3.95. The van der Waals surface area contributed by atoms with Gasteiger partial charge in [0, 0.05) is 16.2 Å². The number of fused-ring (bicyclic) bond motifs is 1. The summed E-state index contributed by atoms with van der Waals surface area (Å²) in [6.45, 7) is 3.57. The lowest BCUT2D eigenvalue weighted by molar-refractivity contribution is 0.427. The molecule has 0 spiro atoms. The summed E-state index contributed by atoms with van der Waals surface area (Å²) in [4.78, 5) is 1.52. The van der Waals surface area contributed by atoms with E-state index in [9.17, 15) is 0 Å². The average Bonchev–Trinajstić information content (AvgIpc) is 3.12. The van der Waals surface area contributed by atoms with Gasteiger partial charge in [-0.2, -0.15) is 0 Å². The first-order valence-electron chi connectivity index (χ1n) is 7.33. The Labute approximate surface area is 115 Å².